The molecule has 6 fully saturated rings. The van der Waals surface area contributed by atoms with Crippen molar-refractivity contribution in [2.75, 3.05) is 14.2 Å². The second-order valence-corrected chi connectivity index (χ2v) is 13.2. The molecule has 11 unspecified atom stereocenters. The maximum absolute atomic E-state index is 13.7. The van der Waals surface area contributed by atoms with Crippen LogP contribution in [0.3, 0.4) is 0 Å². The van der Waals surface area contributed by atoms with E-state index in [1.165, 1.54) is 14.2 Å². The number of aliphatic hydroxyl groups excluding tert-OH is 1. The monoisotopic (exact) mass is 535 g/mol. The van der Waals surface area contributed by atoms with Crippen molar-refractivity contribution in [2.45, 2.75) is 99.9 Å². The van der Waals surface area contributed by atoms with Crippen molar-refractivity contribution >= 4 is 5.97 Å². The molecule has 6 bridgehead atoms. The van der Waals surface area contributed by atoms with E-state index >= 15 is 0 Å². The minimum atomic E-state index is -2.23. The molecule has 6 aliphatic rings. The number of carbonyl (C=O) groups excluding carboxylic acids is 1. The van der Waals surface area contributed by atoms with E-state index in [2.05, 4.69) is 0 Å². The van der Waals surface area contributed by atoms with Crippen LogP contribution < -0.4 is 0 Å². The lowest BCUT2D eigenvalue weighted by Crippen LogP contribution is -2.75. The highest BCUT2D eigenvalue weighted by molar-refractivity contribution is 5.88. The van der Waals surface area contributed by atoms with Gasteiger partial charge in [0.2, 0.25) is 0 Å². The molecule has 2 aliphatic heterocycles. The molecule has 2 saturated heterocycles. The number of esters is 1. The fourth-order valence-corrected chi connectivity index (χ4v) is 10.5. The number of carbonyl (C=O) groups is 1. The van der Waals surface area contributed by atoms with Crippen molar-refractivity contribution in [2.24, 2.45) is 29.7 Å². The van der Waals surface area contributed by atoms with Crippen LogP contribution in [0, 0.1) is 22.7 Å². The molecular formula is C28H41NO9. The number of methoxy groups -OCH3 is 2. The topological polar surface area (TPSA) is 140 Å². The van der Waals surface area contributed by atoms with Crippen molar-refractivity contribution in [3.05, 3.63) is 24.0 Å². The molecule has 4 N–H and O–H groups in total. The van der Waals surface area contributed by atoms with Crippen LogP contribution in [0.25, 0.3) is 0 Å². The predicted molar refractivity (Wildman–Crippen MR) is 133 cm³/mol. The van der Waals surface area contributed by atoms with E-state index in [4.69, 9.17) is 18.9 Å². The Morgan fingerprint density at radius 1 is 1.18 bits per heavy atom. The van der Waals surface area contributed by atoms with E-state index in [1.54, 1.807) is 57.6 Å². The number of nitrogens with zero attached hydrogens (tertiary/aromatic N) is 1. The third-order valence-electron chi connectivity index (χ3n) is 12.2. The lowest BCUT2D eigenvalue weighted by molar-refractivity contribution is -0.396. The van der Waals surface area contributed by atoms with Gasteiger partial charge in [-0.3, -0.25) is 0 Å². The number of ether oxygens (including phenoxy) is 4. The van der Waals surface area contributed by atoms with Gasteiger partial charge in [0.15, 0.2) is 17.5 Å². The lowest BCUT2D eigenvalue weighted by atomic mass is 9.52. The molecule has 212 valence electrons. The fraction of sp³-hybridized carbons (Fsp3) is 0.821. The summed E-state index contributed by atoms with van der Waals surface area (Å²) in [6, 6.07) is 3.32. The molecular weight excluding hydrogens is 494 g/mol. The van der Waals surface area contributed by atoms with E-state index < -0.39 is 68.7 Å². The maximum atomic E-state index is 13.7. The highest BCUT2D eigenvalue weighted by atomic mass is 16.7. The molecule has 7 rings (SSSR count). The number of hydrogen-bond donors (Lipinski definition) is 4. The summed E-state index contributed by atoms with van der Waals surface area (Å²) in [7, 11) is 4.55. The van der Waals surface area contributed by atoms with Gasteiger partial charge >= 0.3 is 5.97 Å². The number of aliphatic hydroxyl groups is 4. The van der Waals surface area contributed by atoms with E-state index in [0.29, 0.717) is 6.42 Å². The van der Waals surface area contributed by atoms with E-state index in [-0.39, 0.29) is 24.5 Å². The summed E-state index contributed by atoms with van der Waals surface area (Å²) in [5, 5.41) is 50.9. The van der Waals surface area contributed by atoms with E-state index in [9.17, 15) is 25.2 Å². The second-order valence-electron chi connectivity index (χ2n) is 13.2. The molecule has 10 nitrogen and oxygen atoms in total. The fourth-order valence-electron chi connectivity index (χ4n) is 10.5. The molecule has 3 heterocycles. The Kier molecular flexibility index (Phi) is 4.93. The standard InChI is InChI=1S/C28H41NO9/c1-15(2)25(33)20(37-19(31)17-10-9-13-29(17)6)27(36-8)21(4)14-24(35-7)22(25,5)28(27,34)26(38-24)18(30)16(3)11-12-23(21,26)32/h9-10,13,15-16,18,20,30,32-34H,11-12,14H2,1-8H3. The quantitative estimate of drug-likeness (QED) is 0.409. The molecule has 4 aliphatic carbocycles. The zero-order chi connectivity index (χ0) is 28.1. The first-order valence-corrected chi connectivity index (χ1v) is 13.5. The molecule has 4 saturated carbocycles. The molecule has 1 spiro atoms. The molecule has 1 aromatic rings. The van der Waals surface area contributed by atoms with Gasteiger partial charge in [0, 0.05) is 39.3 Å². The van der Waals surface area contributed by atoms with Crippen molar-refractivity contribution in [3.63, 3.8) is 0 Å². The average molecular weight is 536 g/mol. The number of aryl methyl sites for hydroxylation is 1. The second kappa shape index (κ2) is 7.02. The Labute approximate surface area is 222 Å². The maximum Gasteiger partial charge on any atom is 0.355 e. The highest BCUT2D eigenvalue weighted by Gasteiger charge is 3.11. The summed E-state index contributed by atoms with van der Waals surface area (Å²) >= 11 is 0. The Morgan fingerprint density at radius 2 is 1.84 bits per heavy atom. The first-order valence-electron chi connectivity index (χ1n) is 13.5. The molecule has 10 heteroatoms. The van der Waals surface area contributed by atoms with Gasteiger partial charge in [-0.25, -0.2) is 4.79 Å². The highest BCUT2D eigenvalue weighted by Crippen LogP contribution is 2.91. The average Bonchev–Trinajstić information content (AvgIpc) is 3.41. The SMILES string of the molecule is COC12CC3(C)C4(O)CCC(C)C(O)C4(O1)C1(O)C3(OC)C(OC(=O)c3cccn3C)C(O)(C(C)C)C21C. The third-order valence-corrected chi connectivity index (χ3v) is 12.2. The van der Waals surface area contributed by atoms with Gasteiger partial charge in [0.05, 0.1) is 11.5 Å². The first kappa shape index (κ1) is 26.7. The predicted octanol–water partition coefficient (Wildman–Crippen LogP) is 1.13. The van der Waals surface area contributed by atoms with Gasteiger partial charge < -0.3 is 43.9 Å². The van der Waals surface area contributed by atoms with Gasteiger partial charge in [-0.15, -0.1) is 0 Å². The van der Waals surface area contributed by atoms with Crippen LogP contribution in [0.15, 0.2) is 18.3 Å². The summed E-state index contributed by atoms with van der Waals surface area (Å²) in [6.07, 6.45) is -0.330. The van der Waals surface area contributed by atoms with Crippen LogP contribution in [0.1, 0.15) is 64.4 Å². The van der Waals surface area contributed by atoms with Gasteiger partial charge in [-0.2, -0.15) is 0 Å². The van der Waals surface area contributed by atoms with Crippen molar-refractivity contribution in [1.29, 1.82) is 0 Å². The molecule has 38 heavy (non-hydrogen) atoms. The zero-order valence-electron chi connectivity index (χ0n) is 23.4. The zero-order valence-corrected chi connectivity index (χ0v) is 23.4. The van der Waals surface area contributed by atoms with Crippen LogP contribution in [0.2, 0.25) is 0 Å². The van der Waals surface area contributed by atoms with Crippen molar-refractivity contribution < 1.29 is 44.2 Å². The summed E-state index contributed by atoms with van der Waals surface area (Å²) in [6.45, 7) is 8.84. The van der Waals surface area contributed by atoms with Crippen LogP contribution in [0.4, 0.5) is 0 Å². The number of rotatable bonds is 5. The van der Waals surface area contributed by atoms with Crippen molar-refractivity contribution in [3.8, 4) is 0 Å². The van der Waals surface area contributed by atoms with Crippen LogP contribution in [-0.4, -0.2) is 91.2 Å². The lowest BCUT2D eigenvalue weighted by Gasteiger charge is -2.62. The van der Waals surface area contributed by atoms with Crippen LogP contribution in [0.5, 0.6) is 0 Å². The molecule has 1 aromatic heterocycles. The molecule has 11 atom stereocenters. The van der Waals surface area contributed by atoms with E-state index in [1.807, 2.05) is 6.92 Å². The molecule has 0 aromatic carbocycles. The minimum absolute atomic E-state index is 0.0374. The molecule has 0 radical (unpaired) electrons. The Hall–Kier alpha value is -1.53. The van der Waals surface area contributed by atoms with E-state index in [0.717, 1.165) is 0 Å². The Balaban J connectivity index is 1.72. The van der Waals surface area contributed by atoms with Crippen LogP contribution in [-0.2, 0) is 26.0 Å². The summed E-state index contributed by atoms with van der Waals surface area (Å²) in [4.78, 5) is 13.7. The third kappa shape index (κ3) is 1.96. The van der Waals surface area contributed by atoms with Crippen LogP contribution >= 0.6 is 0 Å². The Morgan fingerprint density at radius 3 is 2.37 bits per heavy atom. The smallest absolute Gasteiger partial charge is 0.355 e. The number of hydrogen-bond acceptors (Lipinski definition) is 9. The van der Waals surface area contributed by atoms with Gasteiger partial charge in [-0.1, -0.05) is 27.7 Å². The van der Waals surface area contributed by atoms with Gasteiger partial charge in [-0.05, 0) is 43.7 Å². The summed E-state index contributed by atoms with van der Waals surface area (Å²) in [5.41, 5.74) is -12.6. The summed E-state index contributed by atoms with van der Waals surface area (Å²) < 4.78 is 27.1. The molecule has 0 amide bonds. The first-order chi connectivity index (χ1) is 17.5. The van der Waals surface area contributed by atoms with Crippen molar-refractivity contribution in [1.82, 2.24) is 4.57 Å². The van der Waals surface area contributed by atoms with Gasteiger partial charge in [0.1, 0.15) is 28.1 Å². The number of aromatic nitrogens is 1. The van der Waals surface area contributed by atoms with Gasteiger partial charge in [0.25, 0.3) is 0 Å². The minimum Gasteiger partial charge on any atom is -0.451 e. The summed E-state index contributed by atoms with van der Waals surface area (Å²) in [5.74, 6) is -3.28. The normalized spacial score (nSPS) is 56.1. The Bertz CT molecular complexity index is 1220. The largest absolute Gasteiger partial charge is 0.451 e.